The Morgan fingerprint density at radius 1 is 1.36 bits per heavy atom. The minimum atomic E-state index is -0.186. The van der Waals surface area contributed by atoms with Crippen LogP contribution in [0.25, 0.3) is 0 Å². The molecule has 0 spiro atoms. The van der Waals surface area contributed by atoms with Crippen molar-refractivity contribution in [2.75, 3.05) is 0 Å². The highest BCUT2D eigenvalue weighted by Crippen LogP contribution is 2.15. The summed E-state index contributed by atoms with van der Waals surface area (Å²) in [5.41, 5.74) is 1.35. The van der Waals surface area contributed by atoms with E-state index in [2.05, 4.69) is 20.8 Å². The lowest BCUT2D eigenvalue weighted by molar-refractivity contribution is 0.0183. The summed E-state index contributed by atoms with van der Waals surface area (Å²) in [7, 11) is 0. The van der Waals surface area contributed by atoms with Gasteiger partial charge in [-0.2, -0.15) is 0 Å². The molecule has 1 aliphatic heterocycles. The Hall–Kier alpha value is -0.920. The summed E-state index contributed by atoms with van der Waals surface area (Å²) in [6.45, 7) is 6.64. The molecule has 0 unspecified atom stereocenters. The van der Waals surface area contributed by atoms with Gasteiger partial charge >= 0.3 is 0 Å². The summed E-state index contributed by atoms with van der Waals surface area (Å²) >= 11 is 0. The fourth-order valence-electron chi connectivity index (χ4n) is 1.43. The fraction of sp³-hybridized carbons (Fsp3) is 0.667. The average molecular weight is 196 g/mol. The van der Waals surface area contributed by atoms with Gasteiger partial charge in [0.2, 0.25) is 0 Å². The third kappa shape index (κ3) is 4.35. The van der Waals surface area contributed by atoms with Crippen molar-refractivity contribution in [1.29, 1.82) is 0 Å². The topological polar surface area (TPSA) is 18.5 Å². The predicted octanol–water partition coefficient (Wildman–Crippen LogP) is 3.60. The van der Waals surface area contributed by atoms with Crippen molar-refractivity contribution in [3.63, 3.8) is 0 Å². The highest BCUT2D eigenvalue weighted by atomic mass is 16.7. The zero-order chi connectivity index (χ0) is 10.4. The quantitative estimate of drug-likeness (QED) is 0.625. The van der Waals surface area contributed by atoms with Gasteiger partial charge in [-0.05, 0) is 31.8 Å². The normalized spacial score (nSPS) is 17.3. The van der Waals surface area contributed by atoms with Crippen LogP contribution in [0.1, 0.15) is 40.0 Å². The minimum Gasteiger partial charge on any atom is -0.456 e. The Kier molecular flexibility index (Phi) is 4.57. The van der Waals surface area contributed by atoms with Gasteiger partial charge in [0.05, 0.1) is 0 Å². The third-order valence-electron chi connectivity index (χ3n) is 2.25. The average Bonchev–Trinajstić information content (AvgIpc) is 2.56. The van der Waals surface area contributed by atoms with Crippen LogP contribution in [0.15, 0.2) is 24.2 Å². The van der Waals surface area contributed by atoms with Gasteiger partial charge in [0.25, 0.3) is 6.29 Å². The maximum atomic E-state index is 5.17. The molecule has 0 saturated heterocycles. The van der Waals surface area contributed by atoms with Crippen LogP contribution in [0.2, 0.25) is 0 Å². The van der Waals surface area contributed by atoms with Crippen molar-refractivity contribution < 1.29 is 9.47 Å². The molecule has 0 aromatic heterocycles. The predicted molar refractivity (Wildman–Crippen MR) is 57.5 cm³/mol. The molecule has 0 bridgehead atoms. The van der Waals surface area contributed by atoms with Crippen molar-refractivity contribution in [3.05, 3.63) is 24.2 Å². The number of hydrogen-bond donors (Lipinski definition) is 0. The van der Waals surface area contributed by atoms with Gasteiger partial charge in [0, 0.05) is 0 Å². The van der Waals surface area contributed by atoms with Gasteiger partial charge in [0.15, 0.2) is 0 Å². The lowest BCUT2D eigenvalue weighted by Gasteiger charge is -2.08. The molecule has 0 atom stereocenters. The summed E-state index contributed by atoms with van der Waals surface area (Å²) in [4.78, 5) is 0. The molecule has 14 heavy (non-hydrogen) atoms. The first-order valence-corrected chi connectivity index (χ1v) is 5.31. The van der Waals surface area contributed by atoms with Crippen LogP contribution in [0.5, 0.6) is 0 Å². The van der Waals surface area contributed by atoms with Gasteiger partial charge in [0.1, 0.15) is 12.5 Å². The van der Waals surface area contributed by atoms with Gasteiger partial charge in [-0.1, -0.05) is 25.8 Å². The first-order chi connectivity index (χ1) is 6.68. The SMILES string of the molecule is CC(=CC1OC=CO1)CCCC(C)C. The van der Waals surface area contributed by atoms with Crippen molar-refractivity contribution in [2.24, 2.45) is 5.92 Å². The van der Waals surface area contributed by atoms with Crippen molar-refractivity contribution in [1.82, 2.24) is 0 Å². The largest absolute Gasteiger partial charge is 0.456 e. The second kappa shape index (κ2) is 5.74. The van der Waals surface area contributed by atoms with E-state index in [4.69, 9.17) is 9.47 Å². The van der Waals surface area contributed by atoms with Crippen LogP contribution >= 0.6 is 0 Å². The molecular formula is C12H20O2. The zero-order valence-electron chi connectivity index (χ0n) is 9.32. The first kappa shape index (κ1) is 11.2. The van der Waals surface area contributed by atoms with E-state index in [-0.39, 0.29) is 6.29 Å². The van der Waals surface area contributed by atoms with E-state index in [1.54, 1.807) is 12.5 Å². The van der Waals surface area contributed by atoms with Gasteiger partial charge in [-0.15, -0.1) is 0 Å². The second-order valence-electron chi connectivity index (χ2n) is 4.21. The molecule has 0 aromatic carbocycles. The van der Waals surface area contributed by atoms with Crippen molar-refractivity contribution in [3.8, 4) is 0 Å². The van der Waals surface area contributed by atoms with E-state index >= 15 is 0 Å². The summed E-state index contributed by atoms with van der Waals surface area (Å²) in [6.07, 6.45) is 8.71. The molecule has 1 aliphatic rings. The van der Waals surface area contributed by atoms with Crippen LogP contribution in [0.4, 0.5) is 0 Å². The van der Waals surface area contributed by atoms with Gasteiger partial charge in [-0.3, -0.25) is 0 Å². The van der Waals surface area contributed by atoms with E-state index in [0.717, 1.165) is 12.3 Å². The van der Waals surface area contributed by atoms with Crippen molar-refractivity contribution >= 4 is 0 Å². The Bertz CT molecular complexity index is 208. The van der Waals surface area contributed by atoms with E-state index < -0.39 is 0 Å². The number of allylic oxidation sites excluding steroid dienone is 1. The first-order valence-electron chi connectivity index (χ1n) is 5.31. The Morgan fingerprint density at radius 3 is 2.57 bits per heavy atom. The Balaban J connectivity index is 2.16. The molecule has 2 nitrogen and oxygen atoms in total. The molecule has 0 aliphatic carbocycles. The van der Waals surface area contributed by atoms with Crippen LogP contribution in [-0.4, -0.2) is 6.29 Å². The Labute approximate surface area is 86.6 Å². The molecule has 0 amide bonds. The monoisotopic (exact) mass is 196 g/mol. The summed E-state index contributed by atoms with van der Waals surface area (Å²) in [5, 5.41) is 0. The van der Waals surface area contributed by atoms with E-state index in [1.165, 1.54) is 18.4 Å². The lowest BCUT2D eigenvalue weighted by atomic mass is 10.0. The van der Waals surface area contributed by atoms with Crippen LogP contribution in [0, 0.1) is 5.92 Å². The summed E-state index contributed by atoms with van der Waals surface area (Å²) in [6, 6.07) is 0. The second-order valence-corrected chi connectivity index (χ2v) is 4.21. The van der Waals surface area contributed by atoms with E-state index in [0.29, 0.717) is 0 Å². The van der Waals surface area contributed by atoms with Crippen LogP contribution in [-0.2, 0) is 9.47 Å². The molecule has 0 fully saturated rings. The maximum Gasteiger partial charge on any atom is 0.259 e. The smallest absolute Gasteiger partial charge is 0.259 e. The standard InChI is InChI=1S/C12H20O2/c1-10(2)5-4-6-11(3)9-12-13-7-8-14-12/h7-10,12H,4-6H2,1-3H3. The third-order valence-corrected chi connectivity index (χ3v) is 2.25. The molecule has 80 valence electrons. The molecule has 0 saturated carbocycles. The molecule has 0 radical (unpaired) electrons. The zero-order valence-corrected chi connectivity index (χ0v) is 9.32. The molecular weight excluding hydrogens is 176 g/mol. The molecule has 0 N–H and O–H groups in total. The number of hydrogen-bond acceptors (Lipinski definition) is 2. The summed E-state index contributed by atoms with van der Waals surface area (Å²) < 4.78 is 10.3. The highest BCUT2D eigenvalue weighted by molar-refractivity contribution is 5.01. The molecule has 1 rings (SSSR count). The lowest BCUT2D eigenvalue weighted by Crippen LogP contribution is -2.03. The molecule has 1 heterocycles. The highest BCUT2D eigenvalue weighted by Gasteiger charge is 2.08. The molecule has 0 aromatic rings. The fourth-order valence-corrected chi connectivity index (χ4v) is 1.43. The van der Waals surface area contributed by atoms with Crippen LogP contribution in [0.3, 0.4) is 0 Å². The van der Waals surface area contributed by atoms with E-state index in [9.17, 15) is 0 Å². The summed E-state index contributed by atoms with van der Waals surface area (Å²) in [5.74, 6) is 0.795. The maximum absolute atomic E-state index is 5.17. The molecule has 2 heteroatoms. The Morgan fingerprint density at radius 2 is 2.00 bits per heavy atom. The number of rotatable bonds is 5. The minimum absolute atomic E-state index is 0.186. The van der Waals surface area contributed by atoms with Gasteiger partial charge in [-0.25, -0.2) is 0 Å². The van der Waals surface area contributed by atoms with Gasteiger partial charge < -0.3 is 9.47 Å². The van der Waals surface area contributed by atoms with E-state index in [1.807, 2.05) is 6.08 Å². The van der Waals surface area contributed by atoms with Crippen LogP contribution < -0.4 is 0 Å². The van der Waals surface area contributed by atoms with Crippen molar-refractivity contribution in [2.45, 2.75) is 46.3 Å². The number of ether oxygens (including phenoxy) is 2.